The Morgan fingerprint density at radius 3 is 0.610 bits per heavy atom. The molecule has 0 heterocycles. The van der Waals surface area contributed by atoms with E-state index in [0.717, 1.165) is 130 Å². The molecule has 0 saturated carbocycles. The maximum Gasteiger partial charge on any atom is 0.312 e. The smallest absolute Gasteiger partial charge is 0.312 e. The van der Waals surface area contributed by atoms with E-state index in [9.17, 15) is 24.0 Å². The molecule has 0 aromatic heterocycles. The molecule has 0 fully saturated rings. The number of hydrogen-bond acceptors (Lipinski definition) is 15. The van der Waals surface area contributed by atoms with Crippen LogP contribution in [0.15, 0.2) is 0 Å². The van der Waals surface area contributed by atoms with E-state index in [1.165, 1.54) is 64.2 Å². The highest BCUT2D eigenvalue weighted by Crippen LogP contribution is 2.40. The zero-order valence-electron chi connectivity index (χ0n) is 76.8. The number of hydrogen-bond donors (Lipinski definition) is 0. The summed E-state index contributed by atoms with van der Waals surface area (Å²) in [5, 5.41) is 0. The number of ether oxygens (including phenoxy) is 5. The normalized spacial score (nSPS) is 14.8. The minimum atomic E-state index is -0.372. The van der Waals surface area contributed by atoms with Crippen molar-refractivity contribution < 1.29 is 47.7 Å². The maximum atomic E-state index is 12.7. The van der Waals surface area contributed by atoms with Crippen LogP contribution in [0.3, 0.4) is 0 Å². The molecule has 0 aliphatic carbocycles. The number of esters is 5. The predicted octanol–water partition coefficient (Wildman–Crippen LogP) is 21.8. The Kier molecular flexibility index (Phi) is 66.2. The van der Waals surface area contributed by atoms with Gasteiger partial charge in [-0.25, -0.2) is 0 Å². The van der Waals surface area contributed by atoms with E-state index < -0.39 is 0 Å². The van der Waals surface area contributed by atoms with Crippen molar-refractivity contribution in [1.82, 2.24) is 24.5 Å². The first kappa shape index (κ1) is 111. The lowest BCUT2D eigenvalue weighted by molar-refractivity contribution is -0.160. The van der Waals surface area contributed by atoms with Gasteiger partial charge in [-0.1, -0.05) is 232 Å². The van der Waals surface area contributed by atoms with Crippen LogP contribution in [0, 0.1) is 86.3 Å². The Balaban J connectivity index is -0.000000399. The van der Waals surface area contributed by atoms with Crippen LogP contribution in [0.5, 0.6) is 0 Å². The molecule has 105 heavy (non-hydrogen) atoms. The average Bonchev–Trinajstić information content (AvgIpc) is 0.866. The summed E-state index contributed by atoms with van der Waals surface area (Å²) in [6, 6.07) is 0. The van der Waals surface area contributed by atoms with Gasteiger partial charge in [0.15, 0.2) is 0 Å². The molecule has 5 unspecified atom stereocenters. The summed E-state index contributed by atoms with van der Waals surface area (Å²) in [4.78, 5) is 73.9. The van der Waals surface area contributed by atoms with Gasteiger partial charge in [0.25, 0.3) is 0 Å². The molecule has 0 aliphatic rings. The van der Waals surface area contributed by atoms with Crippen molar-refractivity contribution in [1.29, 1.82) is 0 Å². The molecule has 0 aliphatic heterocycles. The van der Waals surface area contributed by atoms with Crippen LogP contribution >= 0.6 is 0 Å². The SMILES string of the molecule is CC(C)CC(C)(C(=O)OCCN(C)C)C(C)C.CCCCCN(CCCCC)CCOC(=O)C(C)(CC(C)C)C(C)C.CCCCN(CCCC)CCOC(=O)C(C)(CC(C)C)C(C)C.CCCN(CCC)CCOC(=O)C(C)(CC(C)C)C(C)C.CCN(CC)CCOC(=O)C(C)(CC(C)C)C(C)C. The van der Waals surface area contributed by atoms with E-state index in [1.807, 2.05) is 32.8 Å². The second-order valence-corrected chi connectivity index (χ2v) is 36.0. The second-order valence-electron chi connectivity index (χ2n) is 36.0. The van der Waals surface area contributed by atoms with Crippen LogP contribution in [0.4, 0.5) is 0 Å². The first-order valence-corrected chi connectivity index (χ1v) is 43.2. The van der Waals surface area contributed by atoms with Crippen molar-refractivity contribution in [3.63, 3.8) is 0 Å². The van der Waals surface area contributed by atoms with Crippen molar-refractivity contribution in [2.75, 3.05) is 132 Å². The first-order valence-electron chi connectivity index (χ1n) is 43.2. The fourth-order valence-corrected chi connectivity index (χ4v) is 13.3. The third kappa shape index (κ3) is 50.6. The number of unbranched alkanes of at least 4 members (excludes halogenated alkanes) is 6. The molecule has 0 radical (unpaired) electrons. The molecule has 0 rings (SSSR count). The Bertz CT molecular complexity index is 2090. The summed E-state index contributed by atoms with van der Waals surface area (Å²) >= 11 is 0. The summed E-state index contributed by atoms with van der Waals surface area (Å²) in [6.07, 6.45) is 19.1. The quantitative estimate of drug-likeness (QED) is 0.0323. The Morgan fingerprint density at radius 1 is 0.248 bits per heavy atom. The van der Waals surface area contributed by atoms with E-state index in [4.69, 9.17) is 23.7 Å². The average molecular weight is 1500 g/mol. The third-order valence-electron chi connectivity index (χ3n) is 22.0. The predicted molar refractivity (Wildman–Crippen MR) is 452 cm³/mol. The van der Waals surface area contributed by atoms with E-state index in [0.29, 0.717) is 92.2 Å². The molecule has 0 aromatic rings. The summed E-state index contributed by atoms with van der Waals surface area (Å²) in [5.74, 6) is 3.85. The zero-order chi connectivity index (χ0) is 82.3. The van der Waals surface area contributed by atoms with Gasteiger partial charge in [-0.15, -0.1) is 0 Å². The molecule has 0 amide bonds. The van der Waals surface area contributed by atoms with Crippen molar-refractivity contribution in [2.45, 2.75) is 338 Å². The highest BCUT2D eigenvalue weighted by atomic mass is 16.6. The number of carbonyl (C=O) groups excluding carboxylic acids is 5. The van der Waals surface area contributed by atoms with Crippen molar-refractivity contribution in [3.8, 4) is 0 Å². The zero-order valence-corrected chi connectivity index (χ0v) is 76.8. The number of nitrogens with zero attached hydrogens (tertiary/aromatic N) is 5. The largest absolute Gasteiger partial charge is 0.464 e. The monoisotopic (exact) mass is 1500 g/mol. The highest BCUT2D eigenvalue weighted by Gasteiger charge is 2.43. The van der Waals surface area contributed by atoms with Crippen LogP contribution in [0.25, 0.3) is 0 Å². The standard InChI is InChI=1S/C22H45NO2.C20H41NO2.C18H37NO2.C16H33NO2.C14H29NO2/c1-8-10-12-14-23(15-13-11-9-2)16-17-25-21(24)22(7,20(5)6)18-19(3)4;1-8-10-12-21(13-11-9-2)14-15-23-19(22)20(7,18(5)6)16-17(3)4;1-8-10-19(11-9-2)12-13-21-17(20)18(7,16(5)6)14-15(3)4;1-8-17(9-2)10-11-19-15(18)16(7,14(5)6)12-13(3)4;1-11(2)10-14(5,12(3)4)13(16)17-9-8-15(6)7/h19-20H,8-18H2,1-7H3;17-18H,8-16H2,1-7H3;15-16H,8-14H2,1-7H3;13-14H,8-12H2,1-7H3;11-12H,8-10H2,1-7H3. The highest BCUT2D eigenvalue weighted by molar-refractivity contribution is 5.78. The summed E-state index contributed by atoms with van der Waals surface area (Å²) in [5.41, 5.74) is -1.83. The molecule has 0 bridgehead atoms. The topological polar surface area (TPSA) is 148 Å². The molecule has 5 atom stereocenters. The van der Waals surface area contributed by atoms with Gasteiger partial charge in [-0.2, -0.15) is 0 Å². The Hall–Kier alpha value is -2.85. The van der Waals surface area contributed by atoms with Gasteiger partial charge in [-0.3, -0.25) is 38.7 Å². The van der Waals surface area contributed by atoms with Gasteiger partial charge >= 0.3 is 29.8 Å². The van der Waals surface area contributed by atoms with Crippen LogP contribution in [-0.4, -0.2) is 187 Å². The maximum absolute atomic E-state index is 12.7. The molecule has 630 valence electrons. The van der Waals surface area contributed by atoms with Crippen molar-refractivity contribution in [2.24, 2.45) is 86.3 Å². The lowest BCUT2D eigenvalue weighted by Gasteiger charge is -2.33. The Labute approximate surface area is 654 Å². The third-order valence-corrected chi connectivity index (χ3v) is 22.0. The lowest BCUT2D eigenvalue weighted by Crippen LogP contribution is -2.38. The molecular weight excluding hydrogens is 1310 g/mol. The van der Waals surface area contributed by atoms with Gasteiger partial charge in [0.1, 0.15) is 33.0 Å². The fraction of sp³-hybridized carbons (Fsp3) is 0.944. The van der Waals surface area contributed by atoms with Gasteiger partial charge in [0, 0.05) is 32.7 Å². The lowest BCUT2D eigenvalue weighted by atomic mass is 9.73. The minimum Gasteiger partial charge on any atom is -0.464 e. The van der Waals surface area contributed by atoms with E-state index in [1.54, 1.807) is 0 Å². The molecule has 0 N–H and O–H groups in total. The van der Waals surface area contributed by atoms with E-state index in [-0.39, 0.29) is 56.9 Å². The van der Waals surface area contributed by atoms with Gasteiger partial charge in [0.2, 0.25) is 0 Å². The van der Waals surface area contributed by atoms with E-state index >= 15 is 0 Å². The number of carbonyl (C=O) groups is 5. The van der Waals surface area contributed by atoms with Gasteiger partial charge < -0.3 is 33.5 Å². The fourth-order valence-electron chi connectivity index (χ4n) is 13.3. The van der Waals surface area contributed by atoms with Gasteiger partial charge in [0.05, 0.1) is 27.1 Å². The van der Waals surface area contributed by atoms with Crippen molar-refractivity contribution in [3.05, 3.63) is 0 Å². The molecule has 0 saturated heterocycles. The summed E-state index contributed by atoms with van der Waals surface area (Å²) in [7, 11) is 3.95. The van der Waals surface area contributed by atoms with Crippen molar-refractivity contribution >= 4 is 29.8 Å². The van der Waals surface area contributed by atoms with Gasteiger partial charge in [-0.05, 0) is 231 Å². The second kappa shape index (κ2) is 62.8. The van der Waals surface area contributed by atoms with Crippen LogP contribution < -0.4 is 0 Å². The molecule has 0 spiro atoms. The minimum absolute atomic E-state index is 0.0155. The summed E-state index contributed by atoms with van der Waals surface area (Å²) in [6.45, 7) is 85.9. The van der Waals surface area contributed by atoms with Crippen LogP contribution in [0.2, 0.25) is 0 Å². The summed E-state index contributed by atoms with van der Waals surface area (Å²) < 4.78 is 27.9. The van der Waals surface area contributed by atoms with E-state index in [2.05, 4.69) is 234 Å². The number of rotatable bonds is 55. The van der Waals surface area contributed by atoms with Crippen LogP contribution in [-0.2, 0) is 47.7 Å². The first-order chi connectivity index (χ1) is 48.8. The Morgan fingerprint density at radius 2 is 0.438 bits per heavy atom. The van der Waals surface area contributed by atoms with Crippen LogP contribution in [0.1, 0.15) is 338 Å². The molecular formula is C90H185N5O10. The molecule has 15 heteroatoms. The molecule has 15 nitrogen and oxygen atoms in total. The number of likely N-dealkylation sites (N-methyl/N-ethyl adjacent to an activating group) is 2. The molecule has 0 aromatic carbocycles.